The van der Waals surface area contributed by atoms with E-state index in [0.29, 0.717) is 44.0 Å². The summed E-state index contributed by atoms with van der Waals surface area (Å²) < 4.78 is 11.9. The molecule has 0 fully saturated rings. The average Bonchev–Trinajstić information content (AvgIpc) is 3.04. The number of rotatable bonds is 8. The fourth-order valence-corrected chi connectivity index (χ4v) is 4.39. The Balaban J connectivity index is 1.46. The van der Waals surface area contributed by atoms with Crippen molar-refractivity contribution < 1.29 is 19.1 Å². The minimum atomic E-state index is -0.551. The van der Waals surface area contributed by atoms with Crippen LogP contribution in [0.1, 0.15) is 54.8 Å². The molecule has 1 aliphatic heterocycles. The van der Waals surface area contributed by atoms with E-state index in [2.05, 4.69) is 9.97 Å². The van der Waals surface area contributed by atoms with E-state index in [1.807, 2.05) is 87.3 Å². The zero-order chi connectivity index (χ0) is 28.0. The number of aromatic nitrogens is 2. The minimum absolute atomic E-state index is 0.125. The normalized spacial score (nSPS) is 14.4. The number of fused-ring (bicyclic) bond motifs is 1. The highest BCUT2D eigenvalue weighted by molar-refractivity contribution is 6.09. The molecular formula is C30H37N5O4. The third kappa shape index (κ3) is 7.32. The van der Waals surface area contributed by atoms with Gasteiger partial charge in [-0.25, -0.2) is 14.8 Å². The van der Waals surface area contributed by atoms with Crippen molar-refractivity contribution in [3.63, 3.8) is 0 Å². The smallest absolute Gasteiger partial charge is 0.410 e. The quantitative estimate of drug-likeness (QED) is 0.400. The predicted octanol–water partition coefficient (Wildman–Crippen LogP) is 5.09. The van der Waals surface area contributed by atoms with Crippen molar-refractivity contribution in [1.29, 1.82) is 0 Å². The maximum atomic E-state index is 13.4. The Kier molecular flexibility index (Phi) is 8.81. The summed E-state index contributed by atoms with van der Waals surface area (Å²) in [7, 11) is 3.66. The minimum Gasteiger partial charge on any atom is -0.444 e. The summed E-state index contributed by atoms with van der Waals surface area (Å²) in [4.78, 5) is 39.5. The molecule has 4 rings (SSSR count). The number of ether oxygens (including phenoxy) is 2. The van der Waals surface area contributed by atoms with Crippen LogP contribution in [0.5, 0.6) is 0 Å². The Labute approximate surface area is 230 Å². The molecule has 0 saturated carbocycles. The number of likely N-dealkylation sites (N-methyl/N-ethyl adjacent to an activating group) is 1. The lowest BCUT2D eigenvalue weighted by molar-refractivity contribution is 0.0137. The summed E-state index contributed by atoms with van der Waals surface area (Å²) in [6, 6.07) is 17.8. The van der Waals surface area contributed by atoms with Crippen molar-refractivity contribution in [2.45, 2.75) is 45.5 Å². The molecule has 1 aliphatic rings. The highest BCUT2D eigenvalue weighted by Crippen LogP contribution is 2.27. The summed E-state index contributed by atoms with van der Waals surface area (Å²) in [5, 5.41) is 0. The van der Waals surface area contributed by atoms with Crippen molar-refractivity contribution in [3.8, 4) is 0 Å². The number of hydrogen-bond donors (Lipinski definition) is 0. The van der Waals surface area contributed by atoms with Gasteiger partial charge >= 0.3 is 6.09 Å². The Morgan fingerprint density at radius 3 is 2.62 bits per heavy atom. The molecule has 9 heteroatoms. The molecule has 1 atom stereocenters. The molecule has 206 valence electrons. The lowest BCUT2D eigenvalue weighted by atomic mass is 10.1. The van der Waals surface area contributed by atoms with E-state index >= 15 is 0 Å². The Morgan fingerprint density at radius 2 is 1.87 bits per heavy atom. The van der Waals surface area contributed by atoms with Gasteiger partial charge in [0.25, 0.3) is 5.91 Å². The first-order chi connectivity index (χ1) is 18.6. The third-order valence-corrected chi connectivity index (χ3v) is 6.46. The second kappa shape index (κ2) is 12.3. The van der Waals surface area contributed by atoms with Crippen LogP contribution in [0, 0.1) is 0 Å². The van der Waals surface area contributed by atoms with Gasteiger partial charge in [0, 0.05) is 45.6 Å². The maximum Gasteiger partial charge on any atom is 0.410 e. The molecule has 2 aromatic carbocycles. The van der Waals surface area contributed by atoms with Crippen molar-refractivity contribution in [2.24, 2.45) is 0 Å². The van der Waals surface area contributed by atoms with E-state index in [1.54, 1.807) is 23.0 Å². The van der Waals surface area contributed by atoms with Crippen LogP contribution in [-0.4, -0.2) is 66.2 Å². The number of carbonyl (C=O) groups is 2. The van der Waals surface area contributed by atoms with Gasteiger partial charge in [0.05, 0.1) is 12.7 Å². The van der Waals surface area contributed by atoms with Crippen LogP contribution >= 0.6 is 0 Å². The van der Waals surface area contributed by atoms with Crippen molar-refractivity contribution >= 4 is 23.5 Å². The molecule has 0 spiro atoms. The molecule has 0 aliphatic carbocycles. The molecule has 1 aromatic heterocycles. The number of nitrogens with zero attached hydrogens (tertiary/aromatic N) is 5. The molecule has 2 heterocycles. The Hall–Kier alpha value is -3.98. The molecular weight excluding hydrogens is 494 g/mol. The van der Waals surface area contributed by atoms with Crippen LogP contribution in [0.15, 0.2) is 67.1 Å². The molecule has 3 aromatic rings. The first kappa shape index (κ1) is 28.0. The van der Waals surface area contributed by atoms with E-state index in [1.165, 1.54) is 6.33 Å². The molecule has 0 unspecified atom stereocenters. The van der Waals surface area contributed by atoms with Crippen LogP contribution in [0.3, 0.4) is 0 Å². The zero-order valence-corrected chi connectivity index (χ0v) is 23.3. The second-order valence-electron chi connectivity index (χ2n) is 10.7. The number of carbonyl (C=O) groups excluding carboxylic acids is 2. The standard InChI is InChI=1S/C30H37N5O4/c1-30(2,3)39-29(37)34(5)15-14-26(23-11-7-6-8-12-23)38-20-22-10-9-13-24(18-22)35-17-16-33(4)27-25(28(35)36)19-31-21-32-27/h6-13,18-19,21,26H,14-17,20H2,1-5H3/t26-/m1/s1. The predicted molar refractivity (Wildman–Crippen MR) is 151 cm³/mol. The number of benzene rings is 2. The van der Waals surface area contributed by atoms with E-state index in [4.69, 9.17) is 9.47 Å². The van der Waals surface area contributed by atoms with Crippen LogP contribution in [-0.2, 0) is 16.1 Å². The van der Waals surface area contributed by atoms with Gasteiger partial charge < -0.3 is 24.2 Å². The summed E-state index contributed by atoms with van der Waals surface area (Å²) in [6.07, 6.45) is 3.06. The lowest BCUT2D eigenvalue weighted by Gasteiger charge is -2.26. The SMILES string of the molecule is CN(CC[C@@H](OCc1cccc(N2CCN(C)c3ncncc3C2=O)c1)c1ccccc1)C(=O)OC(C)(C)C. The molecule has 0 bridgehead atoms. The second-order valence-corrected chi connectivity index (χ2v) is 10.7. The monoisotopic (exact) mass is 531 g/mol. The van der Waals surface area contributed by atoms with Gasteiger partial charge in [-0.2, -0.15) is 0 Å². The van der Waals surface area contributed by atoms with Gasteiger partial charge in [0.1, 0.15) is 23.3 Å². The van der Waals surface area contributed by atoms with Crippen molar-refractivity contribution in [1.82, 2.24) is 14.9 Å². The average molecular weight is 532 g/mol. The number of amides is 2. The lowest BCUT2D eigenvalue weighted by Crippen LogP contribution is -2.35. The van der Waals surface area contributed by atoms with Gasteiger partial charge in [0.2, 0.25) is 0 Å². The summed E-state index contributed by atoms with van der Waals surface area (Å²) >= 11 is 0. The molecule has 2 amide bonds. The Morgan fingerprint density at radius 1 is 1.10 bits per heavy atom. The fourth-order valence-electron chi connectivity index (χ4n) is 4.39. The van der Waals surface area contributed by atoms with Gasteiger partial charge in [0.15, 0.2) is 0 Å². The highest BCUT2D eigenvalue weighted by Gasteiger charge is 2.27. The Bertz CT molecular complexity index is 1280. The fraction of sp³-hybridized carbons (Fsp3) is 0.400. The topological polar surface area (TPSA) is 88.1 Å². The highest BCUT2D eigenvalue weighted by atomic mass is 16.6. The first-order valence-electron chi connectivity index (χ1n) is 13.1. The van der Waals surface area contributed by atoms with Crippen molar-refractivity contribution in [2.75, 3.05) is 43.5 Å². The van der Waals surface area contributed by atoms with Crippen LogP contribution in [0.2, 0.25) is 0 Å². The molecule has 0 saturated heterocycles. The molecule has 0 N–H and O–H groups in total. The molecule has 39 heavy (non-hydrogen) atoms. The first-order valence-corrected chi connectivity index (χ1v) is 13.1. The van der Waals surface area contributed by atoms with Crippen LogP contribution < -0.4 is 9.80 Å². The van der Waals surface area contributed by atoms with Gasteiger partial charge in [-0.1, -0.05) is 42.5 Å². The van der Waals surface area contributed by atoms with E-state index in [9.17, 15) is 9.59 Å². The van der Waals surface area contributed by atoms with Gasteiger partial charge in [-0.05, 0) is 50.5 Å². The van der Waals surface area contributed by atoms with E-state index < -0.39 is 5.60 Å². The van der Waals surface area contributed by atoms with E-state index in [0.717, 1.165) is 16.8 Å². The largest absolute Gasteiger partial charge is 0.444 e. The third-order valence-electron chi connectivity index (χ3n) is 6.46. The summed E-state index contributed by atoms with van der Waals surface area (Å²) in [5.41, 5.74) is 2.72. The molecule has 0 radical (unpaired) electrons. The van der Waals surface area contributed by atoms with Crippen LogP contribution in [0.25, 0.3) is 0 Å². The van der Waals surface area contributed by atoms with E-state index in [-0.39, 0.29) is 18.1 Å². The molecule has 9 nitrogen and oxygen atoms in total. The van der Waals surface area contributed by atoms with Gasteiger partial charge in [-0.3, -0.25) is 4.79 Å². The maximum absolute atomic E-state index is 13.4. The van der Waals surface area contributed by atoms with Gasteiger partial charge in [-0.15, -0.1) is 0 Å². The summed E-state index contributed by atoms with van der Waals surface area (Å²) in [6.45, 7) is 7.57. The van der Waals surface area contributed by atoms with Crippen molar-refractivity contribution in [3.05, 3.63) is 83.8 Å². The zero-order valence-electron chi connectivity index (χ0n) is 23.3. The number of hydrogen-bond acceptors (Lipinski definition) is 7. The summed E-state index contributed by atoms with van der Waals surface area (Å²) in [5.74, 6) is 0.513. The number of anilines is 2. The van der Waals surface area contributed by atoms with Crippen LogP contribution in [0.4, 0.5) is 16.3 Å².